The molecule has 0 fully saturated rings. The average Bonchev–Trinajstić information content (AvgIpc) is 2.62. The van der Waals surface area contributed by atoms with Crippen LogP contribution in [0.25, 0.3) is 0 Å². The van der Waals surface area contributed by atoms with E-state index in [9.17, 15) is 9.59 Å². The van der Waals surface area contributed by atoms with Crippen LogP contribution in [0.4, 0.5) is 5.69 Å². The van der Waals surface area contributed by atoms with Crippen LogP contribution in [-0.4, -0.2) is 25.1 Å². The van der Waals surface area contributed by atoms with Crippen LogP contribution in [0.3, 0.4) is 0 Å². The van der Waals surface area contributed by atoms with Crippen LogP contribution in [0.2, 0.25) is 0 Å². The number of hydrogen-bond donors (Lipinski definition) is 1. The molecule has 0 aliphatic rings. The van der Waals surface area contributed by atoms with Crippen molar-refractivity contribution in [2.24, 2.45) is 0 Å². The first-order chi connectivity index (χ1) is 12.0. The van der Waals surface area contributed by atoms with Crippen LogP contribution in [0.1, 0.15) is 34.8 Å². The van der Waals surface area contributed by atoms with Gasteiger partial charge in [-0.15, -0.1) is 0 Å². The Morgan fingerprint density at radius 2 is 1.84 bits per heavy atom. The first kappa shape index (κ1) is 18.5. The maximum atomic E-state index is 12.6. The zero-order valence-corrected chi connectivity index (χ0v) is 15.0. The number of aryl methyl sites for hydroxylation is 2. The van der Waals surface area contributed by atoms with Gasteiger partial charge in [0, 0.05) is 0 Å². The van der Waals surface area contributed by atoms with Crippen molar-refractivity contribution in [2.45, 2.75) is 33.3 Å². The molecule has 0 spiro atoms. The standard InChI is InChI=1S/C20H23NO4/c1-5-17(25-18-12-13(2)10-11-14(18)3)19(22)21-16-9-7-6-8-15(16)20(23)24-4/h6-12,17H,5H2,1-4H3,(H,21,22)/t17-/m1/s1. The molecule has 0 bridgehead atoms. The number of nitrogens with one attached hydrogen (secondary N) is 1. The molecule has 0 radical (unpaired) electrons. The third-order valence-corrected chi connectivity index (χ3v) is 3.87. The molecule has 0 heterocycles. The van der Waals surface area contributed by atoms with Crippen LogP contribution in [0.5, 0.6) is 5.75 Å². The molecule has 0 aliphatic heterocycles. The summed E-state index contributed by atoms with van der Waals surface area (Å²) in [7, 11) is 1.30. The molecular formula is C20H23NO4. The van der Waals surface area contributed by atoms with Crippen molar-refractivity contribution in [1.82, 2.24) is 0 Å². The van der Waals surface area contributed by atoms with Crippen LogP contribution in [-0.2, 0) is 9.53 Å². The quantitative estimate of drug-likeness (QED) is 0.810. The lowest BCUT2D eigenvalue weighted by Gasteiger charge is -2.19. The first-order valence-corrected chi connectivity index (χ1v) is 8.18. The Bertz CT molecular complexity index is 770. The first-order valence-electron chi connectivity index (χ1n) is 8.18. The average molecular weight is 341 g/mol. The van der Waals surface area contributed by atoms with Crippen molar-refractivity contribution in [2.75, 3.05) is 12.4 Å². The summed E-state index contributed by atoms with van der Waals surface area (Å²) in [6.45, 7) is 5.79. The Morgan fingerprint density at radius 3 is 2.52 bits per heavy atom. The largest absolute Gasteiger partial charge is 0.480 e. The maximum Gasteiger partial charge on any atom is 0.339 e. The van der Waals surface area contributed by atoms with Crippen molar-refractivity contribution in [1.29, 1.82) is 0 Å². The second-order valence-electron chi connectivity index (χ2n) is 5.81. The Balaban J connectivity index is 2.18. The summed E-state index contributed by atoms with van der Waals surface area (Å²) in [5.74, 6) is -0.123. The van der Waals surface area contributed by atoms with Crippen LogP contribution in [0, 0.1) is 13.8 Å². The van der Waals surface area contributed by atoms with Crippen LogP contribution in [0.15, 0.2) is 42.5 Å². The van der Waals surface area contributed by atoms with Crippen molar-refractivity contribution < 1.29 is 19.1 Å². The summed E-state index contributed by atoms with van der Waals surface area (Å²) in [4.78, 5) is 24.4. The number of esters is 1. The predicted octanol–water partition coefficient (Wildman–Crippen LogP) is 3.89. The van der Waals surface area contributed by atoms with E-state index >= 15 is 0 Å². The van der Waals surface area contributed by atoms with Gasteiger partial charge in [0.05, 0.1) is 18.4 Å². The van der Waals surface area contributed by atoms with E-state index in [0.717, 1.165) is 11.1 Å². The second-order valence-corrected chi connectivity index (χ2v) is 5.81. The number of carbonyl (C=O) groups excluding carboxylic acids is 2. The molecule has 132 valence electrons. The van der Waals surface area contributed by atoms with Gasteiger partial charge in [0.2, 0.25) is 0 Å². The molecule has 5 heteroatoms. The van der Waals surface area contributed by atoms with E-state index in [1.165, 1.54) is 7.11 Å². The molecule has 5 nitrogen and oxygen atoms in total. The third kappa shape index (κ3) is 4.59. The fraction of sp³-hybridized carbons (Fsp3) is 0.300. The summed E-state index contributed by atoms with van der Waals surface area (Å²) >= 11 is 0. The van der Waals surface area contributed by atoms with E-state index in [-0.39, 0.29) is 5.91 Å². The Morgan fingerprint density at radius 1 is 1.12 bits per heavy atom. The molecule has 0 saturated heterocycles. The van der Waals surface area contributed by atoms with Gasteiger partial charge < -0.3 is 14.8 Å². The number of anilines is 1. The fourth-order valence-corrected chi connectivity index (χ4v) is 2.40. The Kier molecular flexibility index (Phi) is 6.17. The van der Waals surface area contributed by atoms with Gasteiger partial charge in [0.15, 0.2) is 6.10 Å². The molecule has 1 N–H and O–H groups in total. The van der Waals surface area contributed by atoms with Gasteiger partial charge in [-0.25, -0.2) is 4.79 Å². The van der Waals surface area contributed by atoms with E-state index in [1.54, 1.807) is 24.3 Å². The van der Waals surface area contributed by atoms with Crippen LogP contribution >= 0.6 is 0 Å². The van der Waals surface area contributed by atoms with Crippen molar-refractivity contribution in [3.8, 4) is 5.75 Å². The Labute approximate surface area is 148 Å². The maximum absolute atomic E-state index is 12.6. The highest BCUT2D eigenvalue weighted by molar-refractivity contribution is 6.02. The van der Waals surface area contributed by atoms with E-state index in [0.29, 0.717) is 23.4 Å². The lowest BCUT2D eigenvalue weighted by molar-refractivity contribution is -0.122. The predicted molar refractivity (Wildman–Crippen MR) is 97.0 cm³/mol. The minimum absolute atomic E-state index is 0.305. The lowest BCUT2D eigenvalue weighted by atomic mass is 10.1. The van der Waals surface area contributed by atoms with Gasteiger partial charge in [0.25, 0.3) is 5.91 Å². The van der Waals surface area contributed by atoms with E-state index in [2.05, 4.69) is 5.32 Å². The number of amides is 1. The van der Waals surface area contributed by atoms with Crippen molar-refractivity contribution in [3.05, 3.63) is 59.2 Å². The minimum atomic E-state index is -0.661. The molecule has 1 atom stereocenters. The van der Waals surface area contributed by atoms with Gasteiger partial charge >= 0.3 is 5.97 Å². The normalized spacial score (nSPS) is 11.5. The second kappa shape index (κ2) is 8.33. The third-order valence-electron chi connectivity index (χ3n) is 3.87. The Hall–Kier alpha value is -2.82. The topological polar surface area (TPSA) is 64.6 Å². The molecule has 2 aromatic rings. The summed E-state index contributed by atoms with van der Waals surface area (Å²) < 4.78 is 10.7. The number of methoxy groups -OCH3 is 1. The molecule has 2 aromatic carbocycles. The van der Waals surface area contributed by atoms with Gasteiger partial charge in [-0.1, -0.05) is 31.2 Å². The molecule has 0 saturated carbocycles. The summed E-state index contributed by atoms with van der Waals surface area (Å²) in [5, 5.41) is 2.77. The van der Waals surface area contributed by atoms with E-state index < -0.39 is 12.1 Å². The van der Waals surface area contributed by atoms with Crippen molar-refractivity contribution >= 4 is 17.6 Å². The highest BCUT2D eigenvalue weighted by Crippen LogP contribution is 2.22. The molecule has 0 aliphatic carbocycles. The monoisotopic (exact) mass is 341 g/mol. The highest BCUT2D eigenvalue weighted by Gasteiger charge is 2.21. The van der Waals surface area contributed by atoms with Gasteiger partial charge in [-0.3, -0.25) is 4.79 Å². The number of hydrogen-bond acceptors (Lipinski definition) is 4. The number of benzene rings is 2. The molecule has 0 aromatic heterocycles. The summed E-state index contributed by atoms with van der Waals surface area (Å²) in [6, 6.07) is 12.6. The number of rotatable bonds is 6. The van der Waals surface area contributed by atoms with Crippen molar-refractivity contribution in [3.63, 3.8) is 0 Å². The van der Waals surface area contributed by atoms with Gasteiger partial charge in [-0.2, -0.15) is 0 Å². The SMILES string of the molecule is CC[C@@H](Oc1cc(C)ccc1C)C(=O)Nc1ccccc1C(=O)OC. The highest BCUT2D eigenvalue weighted by atomic mass is 16.5. The number of para-hydroxylation sites is 1. The molecule has 25 heavy (non-hydrogen) atoms. The van der Waals surface area contributed by atoms with E-state index in [1.807, 2.05) is 39.0 Å². The zero-order chi connectivity index (χ0) is 18.4. The minimum Gasteiger partial charge on any atom is -0.480 e. The zero-order valence-electron chi connectivity index (χ0n) is 15.0. The number of ether oxygens (including phenoxy) is 2. The van der Waals surface area contributed by atoms with Gasteiger partial charge in [0.1, 0.15) is 5.75 Å². The summed E-state index contributed by atoms with van der Waals surface area (Å²) in [6.07, 6.45) is -0.161. The molecule has 0 unspecified atom stereocenters. The fourth-order valence-electron chi connectivity index (χ4n) is 2.40. The van der Waals surface area contributed by atoms with E-state index in [4.69, 9.17) is 9.47 Å². The molecular weight excluding hydrogens is 318 g/mol. The lowest BCUT2D eigenvalue weighted by Crippen LogP contribution is -2.33. The molecule has 2 rings (SSSR count). The van der Waals surface area contributed by atoms with Gasteiger partial charge in [-0.05, 0) is 49.6 Å². The smallest absolute Gasteiger partial charge is 0.339 e. The summed E-state index contributed by atoms with van der Waals surface area (Å²) in [5.41, 5.74) is 2.74. The van der Waals surface area contributed by atoms with Crippen LogP contribution < -0.4 is 10.1 Å². The number of carbonyl (C=O) groups is 2. The molecule has 1 amide bonds.